The number of aryl methyl sites for hydroxylation is 1. The Kier molecular flexibility index (Phi) is 4.04. The van der Waals surface area contributed by atoms with Crippen molar-refractivity contribution in [3.05, 3.63) is 29.8 Å². The van der Waals surface area contributed by atoms with E-state index in [-0.39, 0.29) is 10.6 Å². The maximum atomic E-state index is 12.2. The van der Waals surface area contributed by atoms with Crippen LogP contribution in [-0.4, -0.2) is 38.1 Å². The average molecular weight is 270 g/mol. The fourth-order valence-corrected chi connectivity index (χ4v) is 3.54. The fraction of sp³-hybridized carbons (Fsp3) is 0.538. The second kappa shape index (κ2) is 5.38. The van der Waals surface area contributed by atoms with Gasteiger partial charge in [-0.25, -0.2) is 8.42 Å². The quantitative estimate of drug-likeness (QED) is 0.899. The molecule has 4 nitrogen and oxygen atoms in total. The molecule has 0 aliphatic carbocycles. The van der Waals surface area contributed by atoms with Gasteiger partial charge in [0.05, 0.1) is 22.9 Å². The summed E-state index contributed by atoms with van der Waals surface area (Å²) >= 11 is 0. The van der Waals surface area contributed by atoms with Crippen LogP contribution < -0.4 is 0 Å². The molecule has 0 aromatic heterocycles. The van der Waals surface area contributed by atoms with Crippen molar-refractivity contribution in [3.8, 4) is 0 Å². The van der Waals surface area contributed by atoms with Gasteiger partial charge in [-0.05, 0) is 31.9 Å². The van der Waals surface area contributed by atoms with Gasteiger partial charge in [-0.1, -0.05) is 17.7 Å². The Labute approximate surface area is 108 Å². The van der Waals surface area contributed by atoms with Gasteiger partial charge in [0.1, 0.15) is 0 Å². The van der Waals surface area contributed by atoms with Crippen LogP contribution in [0.5, 0.6) is 0 Å². The zero-order valence-corrected chi connectivity index (χ0v) is 11.2. The molecule has 1 aliphatic rings. The van der Waals surface area contributed by atoms with Crippen molar-refractivity contribution in [2.45, 2.75) is 36.9 Å². The number of aliphatic hydroxyl groups excluding tert-OH is 1. The van der Waals surface area contributed by atoms with Crippen LogP contribution in [-0.2, 0) is 14.6 Å². The van der Waals surface area contributed by atoms with Crippen LogP contribution >= 0.6 is 0 Å². The van der Waals surface area contributed by atoms with E-state index in [1.807, 2.05) is 6.92 Å². The maximum absolute atomic E-state index is 12.2. The van der Waals surface area contributed by atoms with Gasteiger partial charge in [0.25, 0.3) is 0 Å². The molecule has 1 N–H and O–H groups in total. The van der Waals surface area contributed by atoms with E-state index in [1.54, 1.807) is 24.3 Å². The second-order valence-electron chi connectivity index (χ2n) is 4.71. The average Bonchev–Trinajstić information content (AvgIpc) is 2.32. The minimum atomic E-state index is -3.39. The van der Waals surface area contributed by atoms with E-state index in [9.17, 15) is 13.5 Å². The molecule has 0 radical (unpaired) electrons. The van der Waals surface area contributed by atoms with Gasteiger partial charge in [0.15, 0.2) is 9.84 Å². The van der Waals surface area contributed by atoms with Crippen LogP contribution in [0.25, 0.3) is 0 Å². The highest BCUT2D eigenvalue weighted by Crippen LogP contribution is 2.19. The molecule has 1 saturated heterocycles. The van der Waals surface area contributed by atoms with Crippen molar-refractivity contribution in [2.75, 3.05) is 12.4 Å². The number of hydrogen-bond donors (Lipinski definition) is 1. The molecule has 100 valence electrons. The molecule has 1 heterocycles. The predicted molar refractivity (Wildman–Crippen MR) is 68.2 cm³/mol. The highest BCUT2D eigenvalue weighted by Gasteiger charge is 2.29. The molecule has 1 aromatic rings. The first kappa shape index (κ1) is 13.5. The van der Waals surface area contributed by atoms with Crippen LogP contribution in [0.2, 0.25) is 0 Å². The Morgan fingerprint density at radius 2 is 2.00 bits per heavy atom. The summed E-state index contributed by atoms with van der Waals surface area (Å²) in [5, 5.41) is 9.73. The Hall–Kier alpha value is -0.910. The molecular formula is C13H18O4S. The van der Waals surface area contributed by atoms with Crippen molar-refractivity contribution in [2.24, 2.45) is 0 Å². The molecule has 2 rings (SSSR count). The lowest BCUT2D eigenvalue weighted by molar-refractivity contribution is -0.0615. The first-order valence-corrected chi connectivity index (χ1v) is 7.73. The molecule has 18 heavy (non-hydrogen) atoms. The lowest BCUT2D eigenvalue weighted by atomic mass is 10.1. The van der Waals surface area contributed by atoms with Gasteiger partial charge in [-0.2, -0.15) is 0 Å². The van der Waals surface area contributed by atoms with Crippen molar-refractivity contribution in [3.63, 3.8) is 0 Å². The lowest BCUT2D eigenvalue weighted by Gasteiger charge is -2.27. The smallest absolute Gasteiger partial charge is 0.181 e. The number of benzene rings is 1. The lowest BCUT2D eigenvalue weighted by Crippen LogP contribution is -2.39. The van der Waals surface area contributed by atoms with E-state index in [0.717, 1.165) is 12.0 Å². The summed E-state index contributed by atoms with van der Waals surface area (Å²) in [6.07, 6.45) is 0.0973. The van der Waals surface area contributed by atoms with Gasteiger partial charge < -0.3 is 9.84 Å². The van der Waals surface area contributed by atoms with Crippen LogP contribution in [0.4, 0.5) is 0 Å². The third-order valence-corrected chi connectivity index (χ3v) is 4.93. The monoisotopic (exact) mass is 270 g/mol. The minimum absolute atomic E-state index is 0.156. The van der Waals surface area contributed by atoms with Crippen molar-refractivity contribution in [1.29, 1.82) is 0 Å². The molecule has 5 heteroatoms. The topological polar surface area (TPSA) is 63.6 Å². The molecule has 0 saturated carbocycles. The number of sulfone groups is 1. The number of aliphatic hydroxyl groups is 1. The molecule has 1 aliphatic heterocycles. The van der Waals surface area contributed by atoms with Crippen molar-refractivity contribution in [1.82, 2.24) is 0 Å². The third kappa shape index (κ3) is 3.10. The van der Waals surface area contributed by atoms with E-state index < -0.39 is 22.0 Å². The summed E-state index contributed by atoms with van der Waals surface area (Å²) in [4.78, 5) is 0.287. The molecule has 0 amide bonds. The standard InChI is InChI=1S/C13H18O4S/c1-10-4-6-11(7-5-10)18(15,16)9-13-12(14)3-2-8-17-13/h4-7,12-14H,2-3,8-9H2,1H3/t12-,13-/m1/s1. The summed E-state index contributed by atoms with van der Waals surface area (Å²) in [5.41, 5.74) is 1.02. The maximum Gasteiger partial charge on any atom is 0.181 e. The van der Waals surface area contributed by atoms with E-state index in [2.05, 4.69) is 0 Å². The summed E-state index contributed by atoms with van der Waals surface area (Å²) < 4.78 is 29.7. The number of hydrogen-bond acceptors (Lipinski definition) is 4. The summed E-state index contributed by atoms with van der Waals surface area (Å²) in [5.74, 6) is -0.156. The largest absolute Gasteiger partial charge is 0.390 e. The normalized spacial score (nSPS) is 25.0. The number of ether oxygens (including phenoxy) is 1. The Morgan fingerprint density at radius 1 is 1.33 bits per heavy atom. The first-order chi connectivity index (χ1) is 8.49. The fourth-order valence-electron chi connectivity index (χ4n) is 2.04. The van der Waals surface area contributed by atoms with E-state index in [1.165, 1.54) is 0 Å². The Morgan fingerprint density at radius 3 is 2.61 bits per heavy atom. The van der Waals surface area contributed by atoms with Crippen LogP contribution in [0.15, 0.2) is 29.2 Å². The summed E-state index contributed by atoms with van der Waals surface area (Å²) in [6, 6.07) is 6.73. The molecular weight excluding hydrogens is 252 g/mol. The van der Waals surface area contributed by atoms with Gasteiger partial charge >= 0.3 is 0 Å². The molecule has 2 atom stereocenters. The zero-order chi connectivity index (χ0) is 13.2. The minimum Gasteiger partial charge on any atom is -0.390 e. The summed E-state index contributed by atoms with van der Waals surface area (Å²) in [6.45, 7) is 2.43. The van der Waals surface area contributed by atoms with E-state index >= 15 is 0 Å². The van der Waals surface area contributed by atoms with Crippen LogP contribution in [0.3, 0.4) is 0 Å². The Bertz CT molecular complexity index is 492. The predicted octanol–water partition coefficient (Wildman–Crippen LogP) is 1.31. The Balaban J connectivity index is 2.13. The second-order valence-corrected chi connectivity index (χ2v) is 6.75. The van der Waals surface area contributed by atoms with Gasteiger partial charge in [0, 0.05) is 6.61 Å². The van der Waals surface area contributed by atoms with Crippen LogP contribution in [0.1, 0.15) is 18.4 Å². The highest BCUT2D eigenvalue weighted by molar-refractivity contribution is 7.91. The van der Waals surface area contributed by atoms with Gasteiger partial charge in [0.2, 0.25) is 0 Å². The third-order valence-electron chi connectivity index (χ3n) is 3.17. The molecule has 0 spiro atoms. The molecule has 0 bridgehead atoms. The summed E-state index contributed by atoms with van der Waals surface area (Å²) in [7, 11) is -3.39. The van der Waals surface area contributed by atoms with Crippen LogP contribution in [0, 0.1) is 6.92 Å². The molecule has 0 unspecified atom stereocenters. The van der Waals surface area contributed by atoms with Crippen molar-refractivity contribution >= 4 is 9.84 Å². The molecule has 1 aromatic carbocycles. The van der Waals surface area contributed by atoms with Gasteiger partial charge in [-0.15, -0.1) is 0 Å². The molecule has 1 fully saturated rings. The first-order valence-electron chi connectivity index (χ1n) is 6.08. The zero-order valence-electron chi connectivity index (χ0n) is 10.4. The van der Waals surface area contributed by atoms with Gasteiger partial charge in [-0.3, -0.25) is 0 Å². The SMILES string of the molecule is Cc1ccc(S(=O)(=O)C[C@H]2OCCC[C@H]2O)cc1. The number of rotatable bonds is 3. The van der Waals surface area contributed by atoms with E-state index in [4.69, 9.17) is 4.74 Å². The highest BCUT2D eigenvalue weighted by atomic mass is 32.2. The van der Waals surface area contributed by atoms with Crippen molar-refractivity contribution < 1.29 is 18.3 Å². The van der Waals surface area contributed by atoms with E-state index in [0.29, 0.717) is 13.0 Å².